The van der Waals surface area contributed by atoms with E-state index in [0.29, 0.717) is 0 Å². The Morgan fingerprint density at radius 2 is 2.25 bits per heavy atom. The number of unbranched alkanes of at least 4 members (excludes halogenated alkanes) is 1. The van der Waals surface area contributed by atoms with E-state index in [-0.39, 0.29) is 0 Å². The van der Waals surface area contributed by atoms with Crippen molar-refractivity contribution in [1.82, 2.24) is 9.47 Å². The largest absolute Gasteiger partial charge is 0.286 e. The summed E-state index contributed by atoms with van der Waals surface area (Å²) in [6.07, 6.45) is 4.52. The van der Waals surface area contributed by atoms with E-state index in [1.54, 1.807) is 11.3 Å². The predicted octanol–water partition coefficient (Wildman–Crippen LogP) is 2.51. The molecule has 0 aliphatic heterocycles. The van der Waals surface area contributed by atoms with Gasteiger partial charge in [-0.1, -0.05) is 24.7 Å². The van der Waals surface area contributed by atoms with Gasteiger partial charge in [-0.05, 0) is 6.42 Å². The molecular weight excluding hydrogens is 168 g/mol. The van der Waals surface area contributed by atoms with Crippen molar-refractivity contribution in [3.8, 4) is 0 Å². The van der Waals surface area contributed by atoms with Crippen molar-refractivity contribution in [2.45, 2.75) is 19.8 Å². The Kier molecular flexibility index (Phi) is 3.23. The van der Waals surface area contributed by atoms with Crippen LogP contribution in [0.2, 0.25) is 0 Å². The van der Waals surface area contributed by atoms with Gasteiger partial charge in [0.1, 0.15) is 0 Å². The number of thiazole rings is 1. The standard InChI is InChI=1S/C9H17N2S/c1-4-5-6-11(2,3)9-7-10-8-12-9/h7-8H,4-6H2,1-3H3/q+1. The minimum atomic E-state index is 0.971. The summed E-state index contributed by atoms with van der Waals surface area (Å²) >= 11 is 1.74. The normalized spacial score (nSPS) is 11.9. The molecule has 0 aliphatic rings. The summed E-state index contributed by atoms with van der Waals surface area (Å²) in [6, 6.07) is 0. The van der Waals surface area contributed by atoms with Crippen LogP contribution in [0.15, 0.2) is 11.7 Å². The zero-order chi connectivity index (χ0) is 9.03. The Hall–Kier alpha value is -0.410. The number of quaternary nitrogens is 1. The molecule has 0 amide bonds. The predicted molar refractivity (Wildman–Crippen MR) is 55.5 cm³/mol. The maximum absolute atomic E-state index is 4.10. The molecule has 68 valence electrons. The highest BCUT2D eigenvalue weighted by molar-refractivity contribution is 7.13. The van der Waals surface area contributed by atoms with E-state index in [9.17, 15) is 0 Å². The van der Waals surface area contributed by atoms with Gasteiger partial charge in [0.15, 0.2) is 0 Å². The Morgan fingerprint density at radius 1 is 1.50 bits per heavy atom. The molecule has 0 radical (unpaired) electrons. The van der Waals surface area contributed by atoms with Gasteiger partial charge >= 0.3 is 0 Å². The molecule has 1 rings (SSSR count). The first-order chi connectivity index (χ1) is 5.67. The lowest BCUT2D eigenvalue weighted by atomic mass is 10.3. The summed E-state index contributed by atoms with van der Waals surface area (Å²) in [6.45, 7) is 3.44. The second-order valence-electron chi connectivity index (χ2n) is 3.60. The van der Waals surface area contributed by atoms with Crippen LogP contribution in [0.1, 0.15) is 19.8 Å². The van der Waals surface area contributed by atoms with E-state index in [1.165, 1.54) is 24.4 Å². The van der Waals surface area contributed by atoms with Crippen LogP contribution in [0.4, 0.5) is 5.00 Å². The topological polar surface area (TPSA) is 12.9 Å². The van der Waals surface area contributed by atoms with Crippen LogP contribution in [-0.2, 0) is 0 Å². The number of hydrogen-bond acceptors (Lipinski definition) is 2. The summed E-state index contributed by atoms with van der Waals surface area (Å²) in [5.41, 5.74) is 1.90. The van der Waals surface area contributed by atoms with Gasteiger partial charge in [0, 0.05) is 0 Å². The minimum absolute atomic E-state index is 0.971. The zero-order valence-electron chi connectivity index (χ0n) is 8.08. The first kappa shape index (κ1) is 9.68. The maximum Gasteiger partial charge on any atom is 0.207 e. The second-order valence-corrected chi connectivity index (χ2v) is 4.47. The van der Waals surface area contributed by atoms with Crippen molar-refractivity contribution in [2.24, 2.45) is 0 Å². The first-order valence-electron chi connectivity index (χ1n) is 4.39. The van der Waals surface area contributed by atoms with Crippen molar-refractivity contribution < 1.29 is 0 Å². The quantitative estimate of drug-likeness (QED) is 0.657. The SMILES string of the molecule is CCCC[N+](C)(C)c1cncs1. The van der Waals surface area contributed by atoms with Crippen LogP contribution in [0.3, 0.4) is 0 Å². The Balaban J connectivity index is 2.59. The molecule has 0 spiro atoms. The molecule has 3 heteroatoms. The van der Waals surface area contributed by atoms with Crippen LogP contribution >= 0.6 is 11.3 Å². The molecular formula is C9H17N2S+. The Labute approximate surface area is 78.5 Å². The monoisotopic (exact) mass is 185 g/mol. The van der Waals surface area contributed by atoms with Gasteiger partial charge in [0.2, 0.25) is 5.00 Å². The molecule has 0 aromatic carbocycles. The van der Waals surface area contributed by atoms with Crippen molar-refractivity contribution >= 4 is 16.3 Å². The fourth-order valence-electron chi connectivity index (χ4n) is 1.17. The number of aromatic nitrogens is 1. The Morgan fingerprint density at radius 3 is 2.75 bits per heavy atom. The third-order valence-corrected chi connectivity index (χ3v) is 3.15. The average molecular weight is 185 g/mol. The van der Waals surface area contributed by atoms with E-state index in [1.807, 2.05) is 11.7 Å². The zero-order valence-corrected chi connectivity index (χ0v) is 8.90. The van der Waals surface area contributed by atoms with Crippen LogP contribution < -0.4 is 4.48 Å². The molecule has 0 bridgehead atoms. The van der Waals surface area contributed by atoms with E-state index in [0.717, 1.165) is 4.48 Å². The van der Waals surface area contributed by atoms with Crippen molar-refractivity contribution in [3.63, 3.8) is 0 Å². The fraction of sp³-hybridized carbons (Fsp3) is 0.667. The van der Waals surface area contributed by atoms with Crippen molar-refractivity contribution in [3.05, 3.63) is 11.7 Å². The molecule has 0 saturated carbocycles. The average Bonchev–Trinajstić information content (AvgIpc) is 2.53. The molecule has 12 heavy (non-hydrogen) atoms. The van der Waals surface area contributed by atoms with Gasteiger partial charge < -0.3 is 0 Å². The van der Waals surface area contributed by atoms with Crippen molar-refractivity contribution in [2.75, 3.05) is 20.6 Å². The highest BCUT2D eigenvalue weighted by atomic mass is 32.1. The second kappa shape index (κ2) is 4.01. The minimum Gasteiger partial charge on any atom is -0.286 e. The maximum atomic E-state index is 4.10. The molecule has 0 fully saturated rings. The smallest absolute Gasteiger partial charge is 0.207 e. The van der Waals surface area contributed by atoms with Gasteiger partial charge in [-0.3, -0.25) is 4.48 Å². The van der Waals surface area contributed by atoms with E-state index < -0.39 is 0 Å². The molecule has 1 aromatic heterocycles. The lowest BCUT2D eigenvalue weighted by Crippen LogP contribution is -2.40. The van der Waals surface area contributed by atoms with Gasteiger partial charge in [-0.15, -0.1) is 0 Å². The summed E-state index contributed by atoms with van der Waals surface area (Å²) in [5.74, 6) is 0. The lowest BCUT2D eigenvalue weighted by molar-refractivity contribution is 0.395. The third kappa shape index (κ3) is 2.29. The van der Waals surface area contributed by atoms with Crippen LogP contribution in [0, 0.1) is 0 Å². The molecule has 2 nitrogen and oxygen atoms in total. The highest BCUT2D eigenvalue weighted by Crippen LogP contribution is 2.23. The molecule has 0 atom stereocenters. The lowest BCUT2D eigenvalue weighted by Gasteiger charge is -2.26. The Bertz CT molecular complexity index is 216. The summed E-state index contributed by atoms with van der Waals surface area (Å²) in [7, 11) is 4.48. The fourth-order valence-corrected chi connectivity index (χ4v) is 1.90. The molecule has 1 heterocycles. The van der Waals surface area contributed by atoms with Crippen LogP contribution in [0.25, 0.3) is 0 Å². The third-order valence-electron chi connectivity index (χ3n) is 2.09. The molecule has 1 aromatic rings. The summed E-state index contributed by atoms with van der Waals surface area (Å²) in [5, 5.41) is 1.35. The van der Waals surface area contributed by atoms with Gasteiger partial charge in [0.25, 0.3) is 0 Å². The number of hydrogen-bond donors (Lipinski definition) is 0. The molecule has 0 unspecified atom stereocenters. The van der Waals surface area contributed by atoms with Crippen molar-refractivity contribution in [1.29, 1.82) is 0 Å². The summed E-state index contributed by atoms with van der Waals surface area (Å²) in [4.78, 5) is 4.10. The van der Waals surface area contributed by atoms with Gasteiger partial charge in [0.05, 0.1) is 32.3 Å². The number of nitrogens with zero attached hydrogens (tertiary/aromatic N) is 2. The highest BCUT2D eigenvalue weighted by Gasteiger charge is 2.19. The van der Waals surface area contributed by atoms with Gasteiger partial charge in [-0.25, -0.2) is 4.98 Å². The van der Waals surface area contributed by atoms with E-state index in [4.69, 9.17) is 0 Å². The van der Waals surface area contributed by atoms with Crippen LogP contribution in [0.5, 0.6) is 0 Å². The molecule has 0 saturated heterocycles. The number of rotatable bonds is 4. The van der Waals surface area contributed by atoms with E-state index in [2.05, 4.69) is 26.0 Å². The van der Waals surface area contributed by atoms with Crippen LogP contribution in [-0.4, -0.2) is 25.6 Å². The van der Waals surface area contributed by atoms with E-state index >= 15 is 0 Å². The molecule has 0 N–H and O–H groups in total. The first-order valence-corrected chi connectivity index (χ1v) is 5.27. The van der Waals surface area contributed by atoms with Gasteiger partial charge in [-0.2, -0.15) is 0 Å². The summed E-state index contributed by atoms with van der Waals surface area (Å²) < 4.78 is 0.971. The molecule has 0 aliphatic carbocycles.